The number of rotatable bonds is 6. The summed E-state index contributed by atoms with van der Waals surface area (Å²) in [6.07, 6.45) is 2.85. The molecular weight excluding hydrogens is 364 g/mol. The maximum absolute atomic E-state index is 12.4. The molecule has 3 rings (SSSR count). The Morgan fingerprint density at radius 3 is 2.61 bits per heavy atom. The zero-order chi connectivity index (χ0) is 20.3. The molecule has 2 aromatic heterocycles. The van der Waals surface area contributed by atoms with Crippen molar-refractivity contribution in [3.05, 3.63) is 57.0 Å². The van der Waals surface area contributed by atoms with E-state index in [9.17, 15) is 14.4 Å². The predicted octanol–water partition coefficient (Wildman–Crippen LogP) is -0.0173. The van der Waals surface area contributed by atoms with Gasteiger partial charge in [0.15, 0.2) is 11.2 Å². The number of nitrogens with one attached hydrogen (secondary N) is 1. The monoisotopic (exact) mass is 384 g/mol. The molecule has 0 unspecified atom stereocenters. The molecule has 3 aromatic rings. The molecule has 1 aromatic carbocycles. The maximum Gasteiger partial charge on any atom is 0.332 e. The predicted molar refractivity (Wildman–Crippen MR) is 104 cm³/mol. The highest BCUT2D eigenvalue weighted by atomic mass is 16.5. The molecule has 0 spiro atoms. The van der Waals surface area contributed by atoms with E-state index >= 15 is 0 Å². The lowest BCUT2D eigenvalue weighted by Gasteiger charge is -2.06. The molecule has 0 aliphatic carbocycles. The van der Waals surface area contributed by atoms with E-state index in [2.05, 4.69) is 15.5 Å². The molecule has 28 heavy (non-hydrogen) atoms. The Morgan fingerprint density at radius 1 is 1.21 bits per heavy atom. The molecule has 0 saturated heterocycles. The van der Waals surface area contributed by atoms with Crippen LogP contribution in [0.1, 0.15) is 12.5 Å². The lowest BCUT2D eigenvalue weighted by molar-refractivity contribution is -0.121. The highest BCUT2D eigenvalue weighted by molar-refractivity contribution is 5.83. The zero-order valence-corrected chi connectivity index (χ0v) is 15.7. The van der Waals surface area contributed by atoms with Gasteiger partial charge in [0.05, 0.1) is 19.1 Å². The molecular formula is C18H20N6O4. The van der Waals surface area contributed by atoms with Gasteiger partial charge < -0.3 is 9.30 Å². The number of carbonyl (C=O) groups excluding carboxylic acids is 1. The van der Waals surface area contributed by atoms with Crippen LogP contribution in [0.15, 0.2) is 45.3 Å². The summed E-state index contributed by atoms with van der Waals surface area (Å²) in [4.78, 5) is 40.5. The third kappa shape index (κ3) is 3.70. The Kier molecular flexibility index (Phi) is 5.39. The third-order valence-corrected chi connectivity index (χ3v) is 4.13. The van der Waals surface area contributed by atoms with E-state index in [-0.39, 0.29) is 17.7 Å². The Balaban J connectivity index is 1.72. The number of amides is 1. The Bertz CT molecular complexity index is 1150. The minimum atomic E-state index is -0.513. The first-order valence-corrected chi connectivity index (χ1v) is 8.58. The molecule has 0 aliphatic rings. The standard InChI is InChI=1S/C18H20N6O4/c1-4-28-13-7-5-12(6-8-13)9-20-21-14(25)10-24-11-19-16-15(24)17(26)23(3)18(27)22(16)2/h5-9,11H,4,10H2,1-3H3,(H,21,25). The minimum absolute atomic E-state index is 0.162. The van der Waals surface area contributed by atoms with Crippen molar-refractivity contribution < 1.29 is 9.53 Å². The summed E-state index contributed by atoms with van der Waals surface area (Å²) < 4.78 is 8.98. The van der Waals surface area contributed by atoms with E-state index in [0.717, 1.165) is 15.9 Å². The summed E-state index contributed by atoms with van der Waals surface area (Å²) in [6.45, 7) is 2.33. The van der Waals surface area contributed by atoms with Crippen LogP contribution in [0.25, 0.3) is 11.2 Å². The van der Waals surface area contributed by atoms with Gasteiger partial charge in [-0.05, 0) is 36.8 Å². The van der Waals surface area contributed by atoms with Crippen LogP contribution < -0.4 is 21.4 Å². The molecule has 0 radical (unpaired) electrons. The summed E-state index contributed by atoms with van der Waals surface area (Å²) >= 11 is 0. The molecule has 0 fully saturated rings. The van der Waals surface area contributed by atoms with E-state index in [4.69, 9.17) is 4.74 Å². The smallest absolute Gasteiger partial charge is 0.332 e. The van der Waals surface area contributed by atoms with Crippen LogP contribution in [0.2, 0.25) is 0 Å². The fourth-order valence-corrected chi connectivity index (χ4v) is 2.70. The Labute approximate surface area is 159 Å². The van der Waals surface area contributed by atoms with Crippen molar-refractivity contribution in [2.24, 2.45) is 19.2 Å². The van der Waals surface area contributed by atoms with Crippen LogP contribution in [0, 0.1) is 0 Å². The van der Waals surface area contributed by atoms with Crippen molar-refractivity contribution in [3.63, 3.8) is 0 Å². The number of imidazole rings is 1. The number of aromatic nitrogens is 4. The number of benzene rings is 1. The van der Waals surface area contributed by atoms with Crippen LogP contribution in [0.3, 0.4) is 0 Å². The van der Waals surface area contributed by atoms with Crippen molar-refractivity contribution in [3.8, 4) is 5.75 Å². The van der Waals surface area contributed by atoms with Gasteiger partial charge in [-0.3, -0.25) is 18.7 Å². The number of hydrogen-bond acceptors (Lipinski definition) is 6. The maximum atomic E-state index is 12.4. The number of carbonyl (C=O) groups is 1. The first-order chi connectivity index (χ1) is 13.4. The van der Waals surface area contributed by atoms with Crippen molar-refractivity contribution >= 4 is 23.3 Å². The lowest BCUT2D eigenvalue weighted by atomic mass is 10.2. The molecule has 10 nitrogen and oxygen atoms in total. The fourth-order valence-electron chi connectivity index (χ4n) is 2.70. The van der Waals surface area contributed by atoms with Crippen LogP contribution in [0.5, 0.6) is 5.75 Å². The number of ether oxygens (including phenoxy) is 1. The van der Waals surface area contributed by atoms with Crippen LogP contribution in [-0.2, 0) is 25.4 Å². The molecule has 10 heteroatoms. The Hall–Kier alpha value is -3.69. The van der Waals surface area contributed by atoms with Gasteiger partial charge in [-0.1, -0.05) is 0 Å². The summed E-state index contributed by atoms with van der Waals surface area (Å²) in [6, 6.07) is 7.25. The number of aryl methyl sites for hydroxylation is 1. The van der Waals surface area contributed by atoms with E-state index in [0.29, 0.717) is 6.61 Å². The SMILES string of the molecule is CCOc1ccc(C=NNC(=O)Cn2cnc3c2c(=O)n(C)c(=O)n3C)cc1. The summed E-state index contributed by atoms with van der Waals surface area (Å²) in [5, 5.41) is 3.91. The van der Waals surface area contributed by atoms with E-state index < -0.39 is 17.2 Å². The summed E-state index contributed by atoms with van der Waals surface area (Å²) in [7, 11) is 2.89. The fraction of sp³-hybridized carbons (Fsp3) is 0.278. The molecule has 2 heterocycles. The third-order valence-electron chi connectivity index (χ3n) is 4.13. The van der Waals surface area contributed by atoms with Gasteiger partial charge in [-0.2, -0.15) is 5.10 Å². The molecule has 0 bridgehead atoms. The molecule has 0 saturated carbocycles. The van der Waals surface area contributed by atoms with Gasteiger partial charge in [0, 0.05) is 14.1 Å². The normalized spacial score (nSPS) is 11.2. The summed E-state index contributed by atoms with van der Waals surface area (Å²) in [5.41, 5.74) is 2.60. The first kappa shape index (κ1) is 19.1. The second-order valence-electron chi connectivity index (χ2n) is 6.05. The van der Waals surface area contributed by atoms with Crippen LogP contribution in [0.4, 0.5) is 0 Å². The lowest BCUT2D eigenvalue weighted by Crippen LogP contribution is -2.38. The largest absolute Gasteiger partial charge is 0.494 e. The van der Waals surface area contributed by atoms with Gasteiger partial charge in [-0.25, -0.2) is 15.2 Å². The average molecular weight is 384 g/mol. The average Bonchev–Trinajstić information content (AvgIpc) is 3.10. The van der Waals surface area contributed by atoms with Gasteiger partial charge in [0.1, 0.15) is 12.3 Å². The minimum Gasteiger partial charge on any atom is -0.494 e. The molecule has 146 valence electrons. The highest BCUT2D eigenvalue weighted by Crippen LogP contribution is 2.10. The Morgan fingerprint density at radius 2 is 1.93 bits per heavy atom. The zero-order valence-electron chi connectivity index (χ0n) is 15.7. The van der Waals surface area contributed by atoms with Crippen LogP contribution in [-0.4, -0.2) is 37.4 Å². The molecule has 0 aliphatic heterocycles. The van der Waals surface area contributed by atoms with E-state index in [1.165, 1.54) is 35.8 Å². The van der Waals surface area contributed by atoms with Gasteiger partial charge in [0.25, 0.3) is 11.5 Å². The quantitative estimate of drug-likeness (QED) is 0.474. The van der Waals surface area contributed by atoms with Crippen LogP contribution >= 0.6 is 0 Å². The van der Waals surface area contributed by atoms with Crippen molar-refractivity contribution in [1.82, 2.24) is 24.1 Å². The summed E-state index contributed by atoms with van der Waals surface area (Å²) in [5.74, 6) is 0.323. The topological polar surface area (TPSA) is 113 Å². The van der Waals surface area contributed by atoms with E-state index in [1.54, 1.807) is 0 Å². The van der Waals surface area contributed by atoms with Gasteiger partial charge >= 0.3 is 5.69 Å². The van der Waals surface area contributed by atoms with Gasteiger partial charge in [0.2, 0.25) is 0 Å². The number of nitrogens with zero attached hydrogens (tertiary/aromatic N) is 5. The van der Waals surface area contributed by atoms with Crippen molar-refractivity contribution in [1.29, 1.82) is 0 Å². The van der Waals surface area contributed by atoms with E-state index in [1.807, 2.05) is 31.2 Å². The number of hydrazone groups is 1. The van der Waals surface area contributed by atoms with Gasteiger partial charge in [-0.15, -0.1) is 0 Å². The van der Waals surface area contributed by atoms with Crippen molar-refractivity contribution in [2.75, 3.05) is 6.61 Å². The molecule has 1 amide bonds. The second kappa shape index (κ2) is 7.91. The van der Waals surface area contributed by atoms with Crippen molar-refractivity contribution in [2.45, 2.75) is 13.5 Å². The second-order valence-corrected chi connectivity index (χ2v) is 6.05. The number of fused-ring (bicyclic) bond motifs is 1. The highest BCUT2D eigenvalue weighted by Gasteiger charge is 2.15. The molecule has 0 atom stereocenters. The first-order valence-electron chi connectivity index (χ1n) is 8.58. The molecule has 1 N–H and O–H groups in total. The number of hydrogen-bond donors (Lipinski definition) is 1.